The smallest absolute Gasteiger partial charge is 0.356 e. The number of esters is 1. The minimum Gasteiger partial charge on any atom is -0.448 e. The molecule has 2 amide bonds. The topological polar surface area (TPSA) is 122 Å². The number of fused-ring (bicyclic) bond motifs is 1. The van der Waals surface area contributed by atoms with Crippen molar-refractivity contribution in [3.63, 3.8) is 0 Å². The van der Waals surface area contributed by atoms with Gasteiger partial charge in [0.15, 0.2) is 23.6 Å². The second kappa shape index (κ2) is 19.0. The predicted octanol–water partition coefficient (Wildman–Crippen LogP) is 8.32. The fourth-order valence-corrected chi connectivity index (χ4v) is 10.5. The highest BCUT2D eigenvalue weighted by Gasteiger charge is 2.55. The van der Waals surface area contributed by atoms with Crippen molar-refractivity contribution in [2.45, 2.75) is 23.1 Å². The SMILES string of the molecule is C#CCON=C(C(=O)N[C@@H]1C(=O)N2C(C(=O)OC(c3ccccc3)c3ccccc3)=C(CI)CS[C@@H]12)c1csc(NC(c2ccccc2)(c2ccccc2)c2ccccc2)n1. The van der Waals surface area contributed by atoms with E-state index in [-0.39, 0.29) is 23.7 Å². The van der Waals surface area contributed by atoms with E-state index in [0.29, 0.717) is 15.3 Å². The van der Waals surface area contributed by atoms with Crippen LogP contribution in [0.3, 0.4) is 0 Å². The summed E-state index contributed by atoms with van der Waals surface area (Å²) >= 11 is 4.95. The zero-order valence-electron chi connectivity index (χ0n) is 32.5. The van der Waals surface area contributed by atoms with Crippen LogP contribution in [0.1, 0.15) is 39.6 Å². The lowest BCUT2D eigenvalue weighted by molar-refractivity contribution is -0.154. The van der Waals surface area contributed by atoms with Gasteiger partial charge >= 0.3 is 5.97 Å². The predicted molar refractivity (Wildman–Crippen MR) is 248 cm³/mol. The molecule has 2 N–H and O–H groups in total. The maximum atomic E-state index is 14.2. The van der Waals surface area contributed by atoms with Gasteiger partial charge in [0.05, 0.1) is 0 Å². The molecule has 0 unspecified atom stereocenters. The zero-order valence-corrected chi connectivity index (χ0v) is 36.3. The molecule has 13 heteroatoms. The molecule has 0 bridgehead atoms. The number of nitrogens with one attached hydrogen (secondary N) is 2. The van der Waals surface area contributed by atoms with Crippen molar-refractivity contribution in [3.8, 4) is 12.3 Å². The number of anilines is 1. The number of ether oxygens (including phenoxy) is 1. The average Bonchev–Trinajstić information content (AvgIpc) is 3.79. The molecule has 6 aromatic rings. The number of carbonyl (C=O) groups excluding carboxylic acids is 3. The van der Waals surface area contributed by atoms with E-state index in [4.69, 9.17) is 21.0 Å². The van der Waals surface area contributed by atoms with E-state index in [1.54, 1.807) is 5.38 Å². The van der Waals surface area contributed by atoms with Gasteiger partial charge in [-0.3, -0.25) is 14.5 Å². The number of carbonyl (C=O) groups is 3. The van der Waals surface area contributed by atoms with Gasteiger partial charge in [0.25, 0.3) is 11.8 Å². The highest BCUT2D eigenvalue weighted by Crippen LogP contribution is 2.43. The van der Waals surface area contributed by atoms with Gasteiger partial charge in [-0.15, -0.1) is 29.5 Å². The molecule has 1 saturated heterocycles. The van der Waals surface area contributed by atoms with Gasteiger partial charge in [-0.1, -0.05) is 185 Å². The van der Waals surface area contributed by atoms with E-state index >= 15 is 0 Å². The second-order valence-corrected chi connectivity index (χ2v) is 16.7. The Morgan fingerprint density at radius 1 is 0.852 bits per heavy atom. The van der Waals surface area contributed by atoms with Crippen molar-refractivity contribution in [1.29, 1.82) is 0 Å². The molecule has 2 aliphatic rings. The van der Waals surface area contributed by atoms with Gasteiger partial charge in [-0.25, -0.2) is 9.78 Å². The molecule has 2 aliphatic heterocycles. The van der Waals surface area contributed by atoms with Crippen LogP contribution < -0.4 is 10.6 Å². The summed E-state index contributed by atoms with van der Waals surface area (Å²) in [6.07, 6.45) is 4.77. The van der Waals surface area contributed by atoms with Crippen molar-refractivity contribution in [2.24, 2.45) is 5.16 Å². The van der Waals surface area contributed by atoms with Gasteiger partial charge < -0.3 is 20.2 Å². The van der Waals surface area contributed by atoms with E-state index < -0.39 is 40.8 Å². The van der Waals surface area contributed by atoms with Crippen LogP contribution in [0.2, 0.25) is 0 Å². The first kappa shape index (κ1) is 41.5. The second-order valence-electron chi connectivity index (χ2n) is 14.0. The molecule has 0 radical (unpaired) electrons. The van der Waals surface area contributed by atoms with E-state index in [2.05, 4.69) is 80.7 Å². The number of hydrogen-bond donors (Lipinski definition) is 2. The maximum Gasteiger partial charge on any atom is 0.356 e. The molecule has 0 saturated carbocycles. The molecule has 304 valence electrons. The number of hydrogen-bond acceptors (Lipinski definition) is 10. The first-order valence-electron chi connectivity index (χ1n) is 19.3. The van der Waals surface area contributed by atoms with E-state index in [9.17, 15) is 14.4 Å². The minimum absolute atomic E-state index is 0.159. The van der Waals surface area contributed by atoms with Gasteiger partial charge in [0, 0.05) is 15.6 Å². The molecule has 0 spiro atoms. The fraction of sp³-hybridized carbons (Fsp3) is 0.146. The summed E-state index contributed by atoms with van der Waals surface area (Å²) in [5, 5.41) is 12.4. The summed E-state index contributed by atoms with van der Waals surface area (Å²) in [5.74, 6) is 1.09. The number of oxime groups is 1. The lowest BCUT2D eigenvalue weighted by Gasteiger charge is -2.49. The number of β-lactam (4-membered cyclic amide) rings is 1. The third kappa shape index (κ3) is 8.56. The Labute approximate surface area is 375 Å². The van der Waals surface area contributed by atoms with E-state index in [1.165, 1.54) is 28.0 Å². The zero-order chi connectivity index (χ0) is 42.2. The first-order valence-corrected chi connectivity index (χ1v) is 22.8. The number of thiazole rings is 1. The number of thioether (sulfide) groups is 1. The number of benzene rings is 5. The molecule has 1 aromatic heterocycles. The molecule has 1 fully saturated rings. The van der Waals surface area contributed by atoms with E-state index in [1.807, 2.05) is 115 Å². The van der Waals surface area contributed by atoms with Crippen LogP contribution in [0.4, 0.5) is 5.13 Å². The van der Waals surface area contributed by atoms with Crippen LogP contribution in [0, 0.1) is 12.3 Å². The van der Waals surface area contributed by atoms with Crippen molar-refractivity contribution in [2.75, 3.05) is 22.1 Å². The molecule has 61 heavy (non-hydrogen) atoms. The van der Waals surface area contributed by atoms with Crippen LogP contribution >= 0.6 is 45.7 Å². The number of aromatic nitrogens is 1. The summed E-state index contributed by atoms with van der Waals surface area (Å²) in [5.41, 5.74) is 4.68. The summed E-state index contributed by atoms with van der Waals surface area (Å²) in [6.45, 7) is -0.192. The number of alkyl halides is 1. The Balaban J connectivity index is 1.05. The third-order valence-corrected chi connectivity index (χ3v) is 13.3. The Morgan fingerprint density at radius 2 is 1.38 bits per heavy atom. The average molecular weight is 956 g/mol. The highest BCUT2D eigenvalue weighted by atomic mass is 127. The minimum atomic E-state index is -0.967. The molecule has 8 rings (SSSR count). The fourth-order valence-electron chi connectivity index (χ4n) is 7.45. The maximum absolute atomic E-state index is 14.2. The van der Waals surface area contributed by atoms with Gasteiger partial charge in [-0.2, -0.15) is 0 Å². The summed E-state index contributed by atoms with van der Waals surface area (Å²) < 4.78 is 6.74. The molecular weight excluding hydrogens is 918 g/mol. The first-order chi connectivity index (χ1) is 29.9. The van der Waals surface area contributed by atoms with Crippen molar-refractivity contribution in [1.82, 2.24) is 15.2 Å². The molecule has 3 heterocycles. The van der Waals surface area contributed by atoms with Crippen molar-refractivity contribution in [3.05, 3.63) is 202 Å². The third-order valence-electron chi connectivity index (χ3n) is 10.3. The van der Waals surface area contributed by atoms with Crippen LogP contribution in [0.5, 0.6) is 0 Å². The van der Waals surface area contributed by atoms with Crippen molar-refractivity contribution < 1.29 is 24.0 Å². The number of amides is 2. The van der Waals surface area contributed by atoms with Crippen LogP contribution in [-0.2, 0) is 29.5 Å². The van der Waals surface area contributed by atoms with Crippen LogP contribution in [-0.4, -0.2) is 61.6 Å². The normalized spacial score (nSPS) is 16.2. The Morgan fingerprint density at radius 3 is 1.89 bits per heavy atom. The van der Waals surface area contributed by atoms with Gasteiger partial charge in [-0.05, 0) is 33.4 Å². The van der Waals surface area contributed by atoms with E-state index in [0.717, 1.165) is 33.4 Å². The largest absolute Gasteiger partial charge is 0.448 e. The summed E-state index contributed by atoms with van der Waals surface area (Å²) in [6, 6.07) is 48.2. The molecule has 10 nitrogen and oxygen atoms in total. The quantitative estimate of drug-likeness (QED) is 0.0121. The molecular formula is C48H38IN5O5S2. The summed E-state index contributed by atoms with van der Waals surface area (Å²) in [4.78, 5) is 54.1. The lowest BCUT2D eigenvalue weighted by Crippen LogP contribution is -2.71. The summed E-state index contributed by atoms with van der Waals surface area (Å²) in [7, 11) is 0. The van der Waals surface area contributed by atoms with Crippen LogP contribution in [0.15, 0.2) is 173 Å². The monoisotopic (exact) mass is 955 g/mol. The van der Waals surface area contributed by atoms with Gasteiger partial charge in [0.2, 0.25) is 0 Å². The Kier molecular flexibility index (Phi) is 12.9. The van der Waals surface area contributed by atoms with Crippen LogP contribution in [0.25, 0.3) is 0 Å². The van der Waals surface area contributed by atoms with Crippen molar-refractivity contribution >= 4 is 74.3 Å². The highest BCUT2D eigenvalue weighted by molar-refractivity contribution is 14.1. The molecule has 0 aliphatic carbocycles. The molecule has 5 aromatic carbocycles. The standard InChI is InChI=1S/C48H38IN5O5S2/c1-2-28-58-53-39(38-31-61-47(50-38)52-48(35-22-12-5-13-23-35,36-24-14-6-15-25-36)37-26-16-7-17-27-37)43(55)51-40-44(56)54-41(34(29-49)30-60-45(40)54)46(57)59-42(32-18-8-3-9-19-32)33-20-10-4-11-21-33/h1,3-27,31,40,42,45H,28-30H2,(H,50,52)(H,51,55)/t40-,45+/m1/s1. The number of rotatable bonds is 15. The molecule has 2 atom stereocenters. The van der Waals surface area contributed by atoms with Gasteiger partial charge in [0.1, 0.15) is 28.3 Å². The Bertz CT molecular complexity index is 2470. The lowest BCUT2D eigenvalue weighted by atomic mass is 9.77. The number of nitrogens with zero attached hydrogens (tertiary/aromatic N) is 3. The number of halogens is 1. The Hall–Kier alpha value is -6.21. The number of terminal acetylenes is 1.